The number of anilines is 1. The SMILES string of the molecule is C[C@@H]1COCCN1c1cc(C2(C#N)CCN(CC3CCC3)CC2)c2ccnc(-c3ccn[nH]3)c2n1. The smallest absolute Gasteiger partial charge is 0.130 e. The lowest BCUT2D eigenvalue weighted by Gasteiger charge is -2.41. The molecule has 3 aromatic heterocycles. The van der Waals surface area contributed by atoms with Crippen molar-refractivity contribution in [3.63, 3.8) is 0 Å². The fourth-order valence-corrected chi connectivity index (χ4v) is 5.93. The summed E-state index contributed by atoms with van der Waals surface area (Å²) in [5.74, 6) is 1.76. The highest BCUT2D eigenvalue weighted by Gasteiger charge is 2.39. The van der Waals surface area contributed by atoms with Crippen LogP contribution >= 0.6 is 0 Å². The molecule has 182 valence electrons. The van der Waals surface area contributed by atoms with Crippen molar-refractivity contribution in [2.75, 3.05) is 44.3 Å². The van der Waals surface area contributed by atoms with E-state index in [9.17, 15) is 5.26 Å². The molecular weight excluding hydrogens is 438 g/mol. The van der Waals surface area contributed by atoms with Crippen LogP contribution in [0.4, 0.5) is 5.82 Å². The first-order chi connectivity index (χ1) is 17.2. The van der Waals surface area contributed by atoms with E-state index in [1.165, 1.54) is 25.8 Å². The Morgan fingerprint density at radius 3 is 2.74 bits per heavy atom. The molecule has 5 heterocycles. The number of hydrogen-bond acceptors (Lipinski definition) is 7. The normalized spacial score (nSPS) is 23.2. The molecule has 1 saturated carbocycles. The Morgan fingerprint density at radius 2 is 2.06 bits per heavy atom. The molecule has 0 amide bonds. The monoisotopic (exact) mass is 471 g/mol. The van der Waals surface area contributed by atoms with Gasteiger partial charge in [0.2, 0.25) is 0 Å². The third-order valence-corrected chi connectivity index (χ3v) is 8.31. The molecule has 3 fully saturated rings. The Bertz CT molecular complexity index is 1220. The van der Waals surface area contributed by atoms with Crippen LogP contribution in [0.5, 0.6) is 0 Å². The van der Waals surface area contributed by atoms with E-state index in [0.717, 1.165) is 72.1 Å². The van der Waals surface area contributed by atoms with Crippen molar-refractivity contribution in [3.05, 3.63) is 36.2 Å². The van der Waals surface area contributed by atoms with Crippen molar-refractivity contribution in [2.24, 2.45) is 5.92 Å². The fourth-order valence-electron chi connectivity index (χ4n) is 5.93. The van der Waals surface area contributed by atoms with Crippen LogP contribution in [-0.2, 0) is 10.2 Å². The largest absolute Gasteiger partial charge is 0.377 e. The Kier molecular flexibility index (Phi) is 5.91. The lowest BCUT2D eigenvalue weighted by Crippen LogP contribution is -2.45. The molecule has 0 aromatic carbocycles. The van der Waals surface area contributed by atoms with Crippen LogP contribution < -0.4 is 4.90 Å². The number of nitriles is 1. The fraction of sp³-hybridized carbons (Fsp3) is 0.556. The number of pyridine rings is 2. The summed E-state index contributed by atoms with van der Waals surface area (Å²) in [6, 6.07) is 9.14. The van der Waals surface area contributed by atoms with E-state index in [-0.39, 0.29) is 6.04 Å². The molecule has 8 nitrogen and oxygen atoms in total. The van der Waals surface area contributed by atoms with Gasteiger partial charge in [0.25, 0.3) is 0 Å². The zero-order valence-electron chi connectivity index (χ0n) is 20.4. The number of piperidine rings is 1. The number of fused-ring (bicyclic) bond motifs is 1. The lowest BCUT2D eigenvalue weighted by atomic mass is 9.72. The molecule has 3 aromatic rings. The molecule has 35 heavy (non-hydrogen) atoms. The van der Waals surface area contributed by atoms with Crippen molar-refractivity contribution in [3.8, 4) is 17.5 Å². The lowest BCUT2D eigenvalue weighted by molar-refractivity contribution is 0.0985. The highest BCUT2D eigenvalue weighted by Crippen LogP contribution is 2.42. The number of nitrogens with zero attached hydrogens (tertiary/aromatic N) is 6. The molecular formula is C27H33N7O. The van der Waals surface area contributed by atoms with Crippen LogP contribution in [-0.4, -0.2) is 70.5 Å². The number of aromatic nitrogens is 4. The van der Waals surface area contributed by atoms with Gasteiger partial charge in [0.05, 0.1) is 36.4 Å². The molecule has 0 bridgehead atoms. The molecule has 2 saturated heterocycles. The number of likely N-dealkylation sites (tertiary alicyclic amines) is 1. The molecule has 1 aliphatic carbocycles. The summed E-state index contributed by atoms with van der Waals surface area (Å²) in [6.45, 7) is 7.43. The maximum atomic E-state index is 10.6. The van der Waals surface area contributed by atoms with Crippen LogP contribution in [0.1, 0.15) is 44.6 Å². The predicted molar refractivity (Wildman–Crippen MR) is 135 cm³/mol. The summed E-state index contributed by atoms with van der Waals surface area (Å²) in [7, 11) is 0. The highest BCUT2D eigenvalue weighted by atomic mass is 16.5. The summed E-state index contributed by atoms with van der Waals surface area (Å²) < 4.78 is 5.70. The second-order valence-electron chi connectivity index (χ2n) is 10.5. The zero-order chi connectivity index (χ0) is 23.8. The maximum Gasteiger partial charge on any atom is 0.130 e. The minimum absolute atomic E-state index is 0.219. The molecule has 8 heteroatoms. The minimum atomic E-state index is -0.534. The van der Waals surface area contributed by atoms with Crippen LogP contribution in [0.15, 0.2) is 30.6 Å². The number of rotatable bonds is 5. The topological polar surface area (TPSA) is 94.0 Å². The van der Waals surface area contributed by atoms with Crippen LogP contribution in [0, 0.1) is 17.2 Å². The Labute approximate surface area is 206 Å². The second kappa shape index (κ2) is 9.21. The van der Waals surface area contributed by atoms with Gasteiger partial charge in [0, 0.05) is 30.9 Å². The van der Waals surface area contributed by atoms with E-state index in [1.54, 1.807) is 6.20 Å². The number of nitrogens with one attached hydrogen (secondary N) is 1. The van der Waals surface area contributed by atoms with Gasteiger partial charge < -0.3 is 14.5 Å². The Morgan fingerprint density at radius 1 is 1.20 bits per heavy atom. The molecule has 1 N–H and O–H groups in total. The van der Waals surface area contributed by atoms with Gasteiger partial charge in [-0.15, -0.1) is 0 Å². The standard InChI is InChI=1S/C27H33N7O/c1-19-17-35-14-13-34(19)24-15-22(21-5-9-29-26(25(21)31-24)23-6-10-30-32-23)27(18-28)7-11-33(12-8-27)16-20-3-2-4-20/h5-6,9-10,15,19-20H,2-4,7-8,11-14,16-17H2,1H3,(H,30,32)/t19-/m1/s1. The van der Waals surface area contributed by atoms with Gasteiger partial charge in [-0.3, -0.25) is 10.1 Å². The first kappa shape index (κ1) is 22.4. The van der Waals surface area contributed by atoms with E-state index in [0.29, 0.717) is 13.2 Å². The molecule has 0 unspecified atom stereocenters. The maximum absolute atomic E-state index is 10.6. The third-order valence-electron chi connectivity index (χ3n) is 8.31. The first-order valence-electron chi connectivity index (χ1n) is 12.9. The molecule has 0 radical (unpaired) electrons. The Hall–Kier alpha value is -3.02. The molecule has 2 aliphatic heterocycles. The minimum Gasteiger partial charge on any atom is -0.377 e. The van der Waals surface area contributed by atoms with E-state index < -0.39 is 5.41 Å². The van der Waals surface area contributed by atoms with Crippen LogP contribution in [0.25, 0.3) is 22.3 Å². The molecule has 6 rings (SSSR count). The van der Waals surface area contributed by atoms with Gasteiger partial charge in [-0.2, -0.15) is 10.4 Å². The van der Waals surface area contributed by atoms with Crippen LogP contribution in [0.3, 0.4) is 0 Å². The van der Waals surface area contributed by atoms with E-state index in [1.807, 2.05) is 18.3 Å². The average molecular weight is 472 g/mol. The number of aromatic amines is 1. The number of ether oxygens (including phenoxy) is 1. The van der Waals surface area contributed by atoms with Crippen molar-refractivity contribution >= 4 is 16.7 Å². The predicted octanol–water partition coefficient (Wildman–Crippen LogP) is 3.90. The summed E-state index contributed by atoms with van der Waals surface area (Å²) in [4.78, 5) is 14.7. The summed E-state index contributed by atoms with van der Waals surface area (Å²) >= 11 is 0. The zero-order valence-corrected chi connectivity index (χ0v) is 20.4. The first-order valence-corrected chi connectivity index (χ1v) is 12.9. The second-order valence-corrected chi connectivity index (χ2v) is 10.5. The third kappa shape index (κ3) is 4.07. The Balaban J connectivity index is 1.45. The van der Waals surface area contributed by atoms with Crippen molar-refractivity contribution in [2.45, 2.75) is 50.5 Å². The van der Waals surface area contributed by atoms with Gasteiger partial charge in [-0.05, 0) is 75.4 Å². The van der Waals surface area contributed by atoms with Gasteiger partial charge in [-0.25, -0.2) is 4.98 Å². The van der Waals surface area contributed by atoms with E-state index in [4.69, 9.17) is 9.72 Å². The van der Waals surface area contributed by atoms with Crippen molar-refractivity contribution in [1.29, 1.82) is 5.26 Å². The number of morpholine rings is 1. The summed E-state index contributed by atoms with van der Waals surface area (Å²) in [5.41, 5.74) is 3.00. The summed E-state index contributed by atoms with van der Waals surface area (Å²) in [5, 5.41) is 18.8. The van der Waals surface area contributed by atoms with Crippen molar-refractivity contribution < 1.29 is 4.74 Å². The molecule has 0 spiro atoms. The van der Waals surface area contributed by atoms with Gasteiger partial charge in [-0.1, -0.05) is 6.42 Å². The van der Waals surface area contributed by atoms with Crippen molar-refractivity contribution in [1.82, 2.24) is 25.1 Å². The quantitative estimate of drug-likeness (QED) is 0.603. The van der Waals surface area contributed by atoms with E-state index in [2.05, 4.69) is 44.0 Å². The van der Waals surface area contributed by atoms with Gasteiger partial charge >= 0.3 is 0 Å². The number of hydrogen-bond donors (Lipinski definition) is 1. The van der Waals surface area contributed by atoms with Gasteiger partial charge in [0.1, 0.15) is 17.0 Å². The summed E-state index contributed by atoms with van der Waals surface area (Å²) in [6.07, 6.45) is 9.35. The van der Waals surface area contributed by atoms with E-state index >= 15 is 0 Å². The molecule has 3 aliphatic rings. The van der Waals surface area contributed by atoms with Gasteiger partial charge in [0.15, 0.2) is 0 Å². The highest BCUT2D eigenvalue weighted by molar-refractivity contribution is 5.94. The molecule has 1 atom stereocenters. The average Bonchev–Trinajstić information content (AvgIpc) is 3.41. The van der Waals surface area contributed by atoms with Crippen LogP contribution in [0.2, 0.25) is 0 Å². The number of H-pyrrole nitrogens is 1.